The second-order valence-corrected chi connectivity index (χ2v) is 4.63. The van der Waals surface area contributed by atoms with Gasteiger partial charge in [-0.1, -0.05) is 0 Å². The first-order valence-corrected chi connectivity index (χ1v) is 6.38. The van der Waals surface area contributed by atoms with E-state index < -0.39 is 16.7 Å². The molecule has 0 fully saturated rings. The number of hydrogen-bond acceptors (Lipinski definition) is 6. The van der Waals surface area contributed by atoms with Crippen LogP contribution in [0.1, 0.15) is 18.9 Å². The third kappa shape index (κ3) is 3.72. The molecule has 1 aliphatic rings. The molecule has 0 radical (unpaired) electrons. The van der Waals surface area contributed by atoms with Gasteiger partial charge in [-0.05, 0) is 24.6 Å². The van der Waals surface area contributed by atoms with Crippen LogP contribution in [-0.4, -0.2) is 28.7 Å². The topological polar surface area (TPSA) is 126 Å². The second-order valence-electron chi connectivity index (χ2n) is 4.63. The minimum atomic E-state index is -0.574. The lowest BCUT2D eigenvalue weighted by atomic mass is 10.0. The molecule has 9 nitrogen and oxygen atoms in total. The first kappa shape index (κ1) is 15.3. The monoisotopic (exact) mass is 303 g/mol. The lowest BCUT2D eigenvalue weighted by Crippen LogP contribution is -2.29. The molecule has 9 heteroatoms. The number of hydrogen-bond donors (Lipinski definition) is 2. The van der Waals surface area contributed by atoms with Gasteiger partial charge in [0.2, 0.25) is 11.8 Å². The minimum absolute atomic E-state index is 0.0248. The highest BCUT2D eigenvalue weighted by Crippen LogP contribution is 2.12. The summed E-state index contributed by atoms with van der Waals surface area (Å²) in [6.07, 6.45) is 1.32. The fourth-order valence-corrected chi connectivity index (χ4v) is 1.82. The van der Waals surface area contributed by atoms with Gasteiger partial charge in [0, 0.05) is 24.3 Å². The zero-order valence-electron chi connectivity index (χ0n) is 11.6. The fraction of sp³-hybridized carbons (Fsp3) is 0.231. The number of carbonyl (C=O) groups excluding carboxylic acids is 2. The summed E-state index contributed by atoms with van der Waals surface area (Å²) >= 11 is 0. The maximum absolute atomic E-state index is 11.7. The number of nitrogens with zero attached hydrogens (tertiary/aromatic N) is 3. The quantitative estimate of drug-likeness (QED) is 0.468. The summed E-state index contributed by atoms with van der Waals surface area (Å²) in [6, 6.07) is 5.70. The van der Waals surface area contributed by atoms with Crippen LogP contribution >= 0.6 is 0 Å². The van der Waals surface area contributed by atoms with E-state index in [1.165, 1.54) is 30.5 Å². The Hall–Kier alpha value is -3.10. The molecule has 2 N–H and O–H groups in total. The molecular weight excluding hydrogens is 290 g/mol. The summed E-state index contributed by atoms with van der Waals surface area (Å²) in [5.41, 5.74) is 5.72. The summed E-state index contributed by atoms with van der Waals surface area (Å²) in [5.74, 6) is -1.31. The van der Waals surface area contributed by atoms with E-state index in [0.29, 0.717) is 11.3 Å². The van der Waals surface area contributed by atoms with E-state index in [-0.39, 0.29) is 18.0 Å². The van der Waals surface area contributed by atoms with Gasteiger partial charge in [0.1, 0.15) is 0 Å². The van der Waals surface area contributed by atoms with Gasteiger partial charge in [-0.3, -0.25) is 19.7 Å². The molecule has 0 bridgehead atoms. The molecule has 1 aromatic rings. The van der Waals surface area contributed by atoms with Crippen molar-refractivity contribution >= 4 is 29.4 Å². The van der Waals surface area contributed by atoms with Crippen molar-refractivity contribution < 1.29 is 14.5 Å². The summed E-state index contributed by atoms with van der Waals surface area (Å²) in [7, 11) is 0. The Morgan fingerprint density at radius 2 is 2.18 bits per heavy atom. The van der Waals surface area contributed by atoms with E-state index in [0.717, 1.165) is 0 Å². The van der Waals surface area contributed by atoms with Crippen LogP contribution in [0.3, 0.4) is 0 Å². The van der Waals surface area contributed by atoms with Crippen molar-refractivity contribution in [2.45, 2.75) is 13.3 Å². The summed E-state index contributed by atoms with van der Waals surface area (Å²) < 4.78 is 0. The van der Waals surface area contributed by atoms with Crippen molar-refractivity contribution in [3.63, 3.8) is 0 Å². The van der Waals surface area contributed by atoms with Gasteiger partial charge in [-0.25, -0.2) is 10.9 Å². The van der Waals surface area contributed by atoms with Gasteiger partial charge in [0.25, 0.3) is 5.69 Å². The van der Waals surface area contributed by atoms with E-state index in [2.05, 4.69) is 21.1 Å². The number of carbonyl (C=O) groups is 2. The number of nitrogens with one attached hydrogen (secondary N) is 2. The van der Waals surface area contributed by atoms with E-state index in [9.17, 15) is 19.7 Å². The molecule has 0 aromatic heterocycles. The van der Waals surface area contributed by atoms with Crippen LogP contribution in [0.2, 0.25) is 0 Å². The number of rotatable bonds is 5. The second kappa shape index (κ2) is 6.57. The predicted octanol–water partition coefficient (Wildman–Crippen LogP) is 0.557. The van der Waals surface area contributed by atoms with Crippen LogP contribution in [-0.2, 0) is 9.59 Å². The highest BCUT2D eigenvalue weighted by Gasteiger charge is 2.28. The number of nitro benzene ring substituents is 1. The Morgan fingerprint density at radius 3 is 2.73 bits per heavy atom. The minimum Gasteiger partial charge on any atom is -0.273 e. The van der Waals surface area contributed by atoms with Crippen molar-refractivity contribution in [3.8, 4) is 0 Å². The molecule has 0 spiro atoms. The number of hydrazone groups is 2. The molecule has 1 atom stereocenters. The SMILES string of the molecule is CC1=NNC(=O)[C@@H]1CC(=O)N/N=C\c1ccc([N+](=O)[O-])cc1. The van der Waals surface area contributed by atoms with Crippen LogP contribution in [0.25, 0.3) is 0 Å². The maximum atomic E-state index is 11.7. The van der Waals surface area contributed by atoms with Gasteiger partial charge in [-0.15, -0.1) is 0 Å². The molecule has 1 aromatic carbocycles. The van der Waals surface area contributed by atoms with Crippen LogP contribution in [0.15, 0.2) is 34.5 Å². The first-order valence-electron chi connectivity index (χ1n) is 6.38. The third-order valence-electron chi connectivity index (χ3n) is 3.06. The van der Waals surface area contributed by atoms with Crippen LogP contribution in [0.5, 0.6) is 0 Å². The highest BCUT2D eigenvalue weighted by molar-refractivity contribution is 6.09. The normalized spacial score (nSPS) is 17.2. The largest absolute Gasteiger partial charge is 0.273 e. The smallest absolute Gasteiger partial charge is 0.269 e. The van der Waals surface area contributed by atoms with E-state index in [1.54, 1.807) is 6.92 Å². The molecule has 22 heavy (non-hydrogen) atoms. The molecule has 1 aliphatic heterocycles. The molecule has 0 aliphatic carbocycles. The Balaban J connectivity index is 1.86. The zero-order valence-corrected chi connectivity index (χ0v) is 11.6. The highest BCUT2D eigenvalue weighted by atomic mass is 16.6. The molecular formula is C13H13N5O4. The number of nitro groups is 1. The molecule has 0 unspecified atom stereocenters. The first-order chi connectivity index (χ1) is 10.5. The number of non-ortho nitro benzene ring substituents is 1. The summed E-state index contributed by atoms with van der Waals surface area (Å²) in [4.78, 5) is 33.1. The molecule has 0 saturated carbocycles. The molecule has 2 amide bonds. The van der Waals surface area contributed by atoms with Gasteiger partial charge >= 0.3 is 0 Å². The third-order valence-corrected chi connectivity index (χ3v) is 3.06. The fourth-order valence-electron chi connectivity index (χ4n) is 1.82. The van der Waals surface area contributed by atoms with Crippen LogP contribution < -0.4 is 10.9 Å². The molecule has 2 rings (SSSR count). The van der Waals surface area contributed by atoms with Gasteiger partial charge in [0.05, 0.1) is 17.1 Å². The summed E-state index contributed by atoms with van der Waals surface area (Å²) in [5, 5.41) is 18.0. The maximum Gasteiger partial charge on any atom is 0.269 e. The average molecular weight is 303 g/mol. The Bertz CT molecular complexity index is 666. The summed E-state index contributed by atoms with van der Waals surface area (Å²) in [6.45, 7) is 1.66. The van der Waals surface area contributed by atoms with Crippen molar-refractivity contribution in [1.29, 1.82) is 0 Å². The van der Waals surface area contributed by atoms with Crippen molar-refractivity contribution in [2.24, 2.45) is 16.1 Å². The number of amides is 2. The van der Waals surface area contributed by atoms with Crippen molar-refractivity contribution in [1.82, 2.24) is 10.9 Å². The molecule has 1 heterocycles. The standard InChI is InChI=1S/C13H13N5O4/c1-8-11(13(20)17-15-8)6-12(19)16-14-7-9-2-4-10(5-3-9)18(21)22/h2-5,7,11H,6H2,1H3,(H,16,19)(H,17,20)/b14-7-/t11-/m1/s1. The van der Waals surface area contributed by atoms with Gasteiger partial charge in [0.15, 0.2) is 0 Å². The van der Waals surface area contributed by atoms with E-state index >= 15 is 0 Å². The Morgan fingerprint density at radius 1 is 1.50 bits per heavy atom. The lowest BCUT2D eigenvalue weighted by Gasteiger charge is -2.05. The van der Waals surface area contributed by atoms with Crippen LogP contribution in [0.4, 0.5) is 5.69 Å². The lowest BCUT2D eigenvalue weighted by molar-refractivity contribution is -0.384. The molecule has 0 saturated heterocycles. The van der Waals surface area contributed by atoms with E-state index in [4.69, 9.17) is 0 Å². The molecule has 114 valence electrons. The van der Waals surface area contributed by atoms with Crippen molar-refractivity contribution in [2.75, 3.05) is 0 Å². The number of benzene rings is 1. The predicted molar refractivity (Wildman–Crippen MR) is 78.2 cm³/mol. The van der Waals surface area contributed by atoms with Gasteiger partial charge < -0.3 is 0 Å². The van der Waals surface area contributed by atoms with E-state index in [1.807, 2.05) is 0 Å². The van der Waals surface area contributed by atoms with Gasteiger partial charge in [-0.2, -0.15) is 10.2 Å². The van der Waals surface area contributed by atoms with Crippen molar-refractivity contribution in [3.05, 3.63) is 39.9 Å². The Kier molecular flexibility index (Phi) is 4.57. The average Bonchev–Trinajstić information content (AvgIpc) is 2.79. The van der Waals surface area contributed by atoms with Crippen LogP contribution in [0, 0.1) is 16.0 Å². The Labute approximate surface area is 125 Å². The zero-order chi connectivity index (χ0) is 16.1.